The number of aliphatic hydroxyl groups excluding tert-OH is 1. The first-order valence-corrected chi connectivity index (χ1v) is 7.03. The highest BCUT2D eigenvalue weighted by atomic mass is 35.5. The van der Waals surface area contributed by atoms with Gasteiger partial charge < -0.3 is 15.2 Å². The van der Waals surface area contributed by atoms with Crippen LogP contribution >= 0.6 is 24.0 Å². The largest absolute Gasteiger partial charge is 0.496 e. The Labute approximate surface area is 131 Å². The lowest BCUT2D eigenvalue weighted by atomic mass is 10.0. The molecule has 20 heavy (non-hydrogen) atoms. The molecule has 0 unspecified atom stereocenters. The fourth-order valence-electron chi connectivity index (χ4n) is 2.62. The zero-order valence-corrected chi connectivity index (χ0v) is 13.2. The second-order valence-corrected chi connectivity index (χ2v) is 5.14. The van der Waals surface area contributed by atoms with Crippen LogP contribution in [0.15, 0.2) is 18.2 Å². The first kappa shape index (κ1) is 17.5. The van der Waals surface area contributed by atoms with Crippen LogP contribution in [0, 0.1) is 0 Å². The first-order chi connectivity index (χ1) is 9.26. The number of nitrogens with one attached hydrogen (secondary N) is 1. The van der Waals surface area contributed by atoms with E-state index in [9.17, 15) is 5.11 Å². The number of halogens is 2. The quantitative estimate of drug-likeness (QED) is 0.872. The van der Waals surface area contributed by atoms with Gasteiger partial charge in [0.2, 0.25) is 0 Å². The average molecular weight is 321 g/mol. The monoisotopic (exact) mass is 320 g/mol. The van der Waals surface area contributed by atoms with Crippen LogP contribution in [0.2, 0.25) is 5.02 Å². The van der Waals surface area contributed by atoms with E-state index in [1.165, 1.54) is 0 Å². The molecular weight excluding hydrogens is 299 g/mol. The van der Waals surface area contributed by atoms with Crippen molar-refractivity contribution in [1.82, 2.24) is 10.2 Å². The third-order valence-electron chi connectivity index (χ3n) is 3.55. The van der Waals surface area contributed by atoms with Gasteiger partial charge in [0.15, 0.2) is 0 Å². The molecule has 0 aliphatic carbocycles. The molecule has 6 heteroatoms. The topological polar surface area (TPSA) is 44.7 Å². The van der Waals surface area contributed by atoms with E-state index in [0.29, 0.717) is 11.4 Å². The Kier molecular flexibility index (Phi) is 7.62. The Bertz CT molecular complexity index is 412. The van der Waals surface area contributed by atoms with Gasteiger partial charge in [-0.15, -0.1) is 12.4 Å². The molecule has 0 saturated carbocycles. The number of hydrogen-bond donors (Lipinski definition) is 2. The fourth-order valence-corrected chi connectivity index (χ4v) is 2.80. The van der Waals surface area contributed by atoms with E-state index in [1.807, 2.05) is 18.2 Å². The second-order valence-electron chi connectivity index (χ2n) is 4.70. The van der Waals surface area contributed by atoms with Gasteiger partial charge in [-0.05, 0) is 24.6 Å². The SMILES string of the molecule is COc1ccc(Cl)cc1[C@@H](CCO)N1CCNCC1.Cl. The Morgan fingerprint density at radius 2 is 2.10 bits per heavy atom. The van der Waals surface area contributed by atoms with Crippen molar-refractivity contribution >= 4 is 24.0 Å². The second kappa shape index (κ2) is 8.70. The number of nitrogens with zero attached hydrogens (tertiary/aromatic N) is 1. The molecule has 0 spiro atoms. The van der Waals surface area contributed by atoms with Gasteiger partial charge in [-0.1, -0.05) is 11.6 Å². The number of rotatable bonds is 5. The molecule has 0 amide bonds. The zero-order valence-electron chi connectivity index (χ0n) is 11.6. The first-order valence-electron chi connectivity index (χ1n) is 6.65. The van der Waals surface area contributed by atoms with E-state index in [-0.39, 0.29) is 25.1 Å². The number of aliphatic hydroxyl groups is 1. The smallest absolute Gasteiger partial charge is 0.123 e. The maximum Gasteiger partial charge on any atom is 0.123 e. The zero-order chi connectivity index (χ0) is 13.7. The Morgan fingerprint density at radius 1 is 1.40 bits per heavy atom. The van der Waals surface area contributed by atoms with Gasteiger partial charge in [0.1, 0.15) is 5.75 Å². The third kappa shape index (κ3) is 4.24. The molecule has 0 radical (unpaired) electrons. The van der Waals surface area contributed by atoms with E-state index in [1.54, 1.807) is 7.11 Å². The minimum Gasteiger partial charge on any atom is -0.496 e. The van der Waals surface area contributed by atoms with E-state index in [4.69, 9.17) is 16.3 Å². The molecule has 1 aromatic rings. The molecule has 4 nitrogen and oxygen atoms in total. The minimum absolute atomic E-state index is 0. The van der Waals surface area contributed by atoms with Gasteiger partial charge in [-0.25, -0.2) is 0 Å². The molecule has 2 rings (SSSR count). The lowest BCUT2D eigenvalue weighted by molar-refractivity contribution is 0.139. The number of benzene rings is 1. The molecule has 0 bridgehead atoms. The Hall–Kier alpha value is -0.520. The van der Waals surface area contributed by atoms with Crippen molar-refractivity contribution in [3.8, 4) is 5.75 Å². The van der Waals surface area contributed by atoms with Crippen molar-refractivity contribution in [2.45, 2.75) is 12.5 Å². The standard InChI is InChI=1S/C14H21ClN2O2.ClH/c1-19-14-3-2-11(15)10-12(14)13(4-9-18)17-7-5-16-6-8-17;/h2-3,10,13,16,18H,4-9H2,1H3;1H/t13-;/m1./s1. The van der Waals surface area contributed by atoms with Gasteiger partial charge in [0, 0.05) is 49.4 Å². The van der Waals surface area contributed by atoms with Crippen LogP contribution in [-0.2, 0) is 0 Å². The van der Waals surface area contributed by atoms with E-state index < -0.39 is 0 Å². The summed E-state index contributed by atoms with van der Waals surface area (Å²) < 4.78 is 5.44. The van der Waals surface area contributed by atoms with Crippen LogP contribution in [0.5, 0.6) is 5.75 Å². The summed E-state index contributed by atoms with van der Waals surface area (Å²) in [6.07, 6.45) is 0.691. The van der Waals surface area contributed by atoms with Crippen LogP contribution in [0.3, 0.4) is 0 Å². The van der Waals surface area contributed by atoms with Gasteiger partial charge in [0.25, 0.3) is 0 Å². The number of ether oxygens (including phenoxy) is 1. The van der Waals surface area contributed by atoms with Crippen LogP contribution in [-0.4, -0.2) is 49.9 Å². The highest BCUT2D eigenvalue weighted by molar-refractivity contribution is 6.30. The van der Waals surface area contributed by atoms with Crippen molar-refractivity contribution in [1.29, 1.82) is 0 Å². The van der Waals surface area contributed by atoms with Crippen LogP contribution in [0.4, 0.5) is 0 Å². The molecule has 1 aliphatic rings. The summed E-state index contributed by atoms with van der Waals surface area (Å²) in [6.45, 7) is 4.06. The molecular formula is C14H22Cl2N2O2. The van der Waals surface area contributed by atoms with Gasteiger partial charge in [0.05, 0.1) is 7.11 Å². The highest BCUT2D eigenvalue weighted by Crippen LogP contribution is 2.33. The molecule has 1 saturated heterocycles. The predicted molar refractivity (Wildman–Crippen MR) is 84.1 cm³/mol. The van der Waals surface area contributed by atoms with E-state index >= 15 is 0 Å². The van der Waals surface area contributed by atoms with Crippen LogP contribution in [0.1, 0.15) is 18.0 Å². The predicted octanol–water partition coefficient (Wildman–Crippen LogP) is 2.10. The normalized spacial score (nSPS) is 17.4. The highest BCUT2D eigenvalue weighted by Gasteiger charge is 2.24. The van der Waals surface area contributed by atoms with Crippen molar-refractivity contribution in [2.24, 2.45) is 0 Å². The summed E-state index contributed by atoms with van der Waals surface area (Å²) in [5, 5.41) is 13.4. The van der Waals surface area contributed by atoms with Crippen molar-refractivity contribution in [3.63, 3.8) is 0 Å². The summed E-state index contributed by atoms with van der Waals surface area (Å²) >= 11 is 6.11. The fraction of sp³-hybridized carbons (Fsp3) is 0.571. The average Bonchev–Trinajstić information content (AvgIpc) is 2.45. The molecule has 1 heterocycles. The summed E-state index contributed by atoms with van der Waals surface area (Å²) in [5.41, 5.74) is 1.06. The van der Waals surface area contributed by atoms with Crippen molar-refractivity contribution in [2.75, 3.05) is 39.9 Å². The molecule has 1 aromatic carbocycles. The maximum absolute atomic E-state index is 9.35. The van der Waals surface area contributed by atoms with E-state index in [2.05, 4.69) is 10.2 Å². The summed E-state index contributed by atoms with van der Waals surface area (Å²) in [5.74, 6) is 0.835. The Balaban J connectivity index is 0.00000200. The van der Waals surface area contributed by atoms with Crippen LogP contribution in [0.25, 0.3) is 0 Å². The van der Waals surface area contributed by atoms with E-state index in [0.717, 1.165) is 37.5 Å². The van der Waals surface area contributed by atoms with Gasteiger partial charge in [-0.3, -0.25) is 4.90 Å². The lowest BCUT2D eigenvalue weighted by Crippen LogP contribution is -2.45. The van der Waals surface area contributed by atoms with Crippen LogP contribution < -0.4 is 10.1 Å². The summed E-state index contributed by atoms with van der Waals surface area (Å²) in [7, 11) is 1.67. The molecule has 2 N–H and O–H groups in total. The molecule has 1 fully saturated rings. The van der Waals surface area contributed by atoms with Crippen molar-refractivity contribution in [3.05, 3.63) is 28.8 Å². The number of methoxy groups -OCH3 is 1. The molecule has 1 atom stereocenters. The minimum atomic E-state index is 0. The molecule has 114 valence electrons. The van der Waals surface area contributed by atoms with Gasteiger partial charge >= 0.3 is 0 Å². The third-order valence-corrected chi connectivity index (χ3v) is 3.78. The summed E-state index contributed by atoms with van der Waals surface area (Å²) in [4.78, 5) is 2.38. The number of piperazine rings is 1. The molecule has 0 aromatic heterocycles. The Morgan fingerprint density at radius 3 is 2.70 bits per heavy atom. The summed E-state index contributed by atoms with van der Waals surface area (Å²) in [6, 6.07) is 5.82. The van der Waals surface area contributed by atoms with Crippen molar-refractivity contribution < 1.29 is 9.84 Å². The maximum atomic E-state index is 9.35. The number of hydrogen-bond acceptors (Lipinski definition) is 4. The lowest BCUT2D eigenvalue weighted by Gasteiger charge is -2.35. The van der Waals surface area contributed by atoms with Gasteiger partial charge in [-0.2, -0.15) is 0 Å². The molecule has 1 aliphatic heterocycles.